The molecule has 0 fully saturated rings. The van der Waals surface area contributed by atoms with E-state index in [1.807, 2.05) is 39.7 Å². The van der Waals surface area contributed by atoms with Crippen molar-refractivity contribution in [3.8, 4) is 0 Å². The summed E-state index contributed by atoms with van der Waals surface area (Å²) < 4.78 is 94.6. The summed E-state index contributed by atoms with van der Waals surface area (Å²) in [6, 6.07) is 0. The summed E-state index contributed by atoms with van der Waals surface area (Å²) in [7, 11) is -4.43. The summed E-state index contributed by atoms with van der Waals surface area (Å²) in [4.78, 5) is 23.1. The van der Waals surface area contributed by atoms with Gasteiger partial charge in [0, 0.05) is 18.8 Å². The maximum atomic E-state index is 12.4. The van der Waals surface area contributed by atoms with E-state index in [2.05, 4.69) is 4.74 Å². The predicted octanol–water partition coefficient (Wildman–Crippen LogP) is 4.51. The first-order chi connectivity index (χ1) is 13.8. The molecule has 1 atom stereocenters. The van der Waals surface area contributed by atoms with Gasteiger partial charge in [0.1, 0.15) is 12.3 Å². The fraction of sp³-hybridized carbons (Fsp3) is 0.765. The van der Waals surface area contributed by atoms with Gasteiger partial charge >= 0.3 is 24.3 Å². The van der Waals surface area contributed by atoms with Crippen molar-refractivity contribution in [2.75, 3.05) is 13.2 Å². The zero-order chi connectivity index (χ0) is 24.7. The second-order valence-corrected chi connectivity index (χ2v) is 16.9. The number of alkyl halides is 6. The Morgan fingerprint density at radius 3 is 1.81 bits per heavy atom. The van der Waals surface area contributed by atoms with Crippen LogP contribution >= 0.6 is 0 Å². The molecule has 182 valence electrons. The van der Waals surface area contributed by atoms with Crippen LogP contribution in [0.4, 0.5) is 26.3 Å². The van der Waals surface area contributed by atoms with E-state index < -0.39 is 52.8 Å². The van der Waals surface area contributed by atoms with Crippen LogP contribution in [0.5, 0.6) is 0 Å². The van der Waals surface area contributed by atoms with Crippen LogP contribution in [0.25, 0.3) is 0 Å². The molecule has 14 heteroatoms. The first-order valence-electron chi connectivity index (χ1n) is 9.30. The molecule has 0 aliphatic carbocycles. The van der Waals surface area contributed by atoms with E-state index in [-0.39, 0.29) is 12.7 Å². The van der Waals surface area contributed by atoms with E-state index in [0.717, 1.165) is 0 Å². The van der Waals surface area contributed by atoms with Crippen LogP contribution in [-0.2, 0) is 27.9 Å². The molecule has 0 aliphatic rings. The van der Waals surface area contributed by atoms with Gasteiger partial charge in [0.05, 0.1) is 0 Å². The Morgan fingerprint density at radius 2 is 1.39 bits per heavy atom. The third kappa shape index (κ3) is 12.3. The minimum Gasteiger partial charge on any atom is -0.460 e. The van der Waals surface area contributed by atoms with Crippen molar-refractivity contribution in [1.29, 1.82) is 0 Å². The Balaban J connectivity index is 5.04. The highest BCUT2D eigenvalue weighted by atomic mass is 28.4. The highest BCUT2D eigenvalue weighted by molar-refractivity contribution is 6.84. The van der Waals surface area contributed by atoms with Gasteiger partial charge in [0.15, 0.2) is 8.32 Å². The molecule has 0 aromatic heterocycles. The van der Waals surface area contributed by atoms with Crippen molar-refractivity contribution >= 4 is 28.6 Å². The number of hydrogen-bond acceptors (Lipinski definition) is 6. The maximum Gasteiger partial charge on any atom is 0.434 e. The highest BCUT2D eigenvalue weighted by Gasteiger charge is 2.59. The van der Waals surface area contributed by atoms with Gasteiger partial charge in [0.2, 0.25) is 8.32 Å². The molecule has 0 radical (unpaired) electrons. The number of halogens is 6. The topological polar surface area (TPSA) is 71.1 Å². The van der Waals surface area contributed by atoms with E-state index in [1.165, 1.54) is 0 Å². The number of hydrogen-bond donors (Lipinski definition) is 0. The van der Waals surface area contributed by atoms with Gasteiger partial charge in [-0.25, -0.2) is 9.59 Å². The molecule has 0 aromatic rings. The first kappa shape index (κ1) is 29.6. The van der Waals surface area contributed by atoms with Crippen molar-refractivity contribution < 1.29 is 54.3 Å². The Labute approximate surface area is 179 Å². The Morgan fingerprint density at radius 1 is 0.903 bits per heavy atom. The summed E-state index contributed by atoms with van der Waals surface area (Å²) >= 11 is 0. The van der Waals surface area contributed by atoms with Gasteiger partial charge in [-0.1, -0.05) is 6.92 Å². The molecule has 0 bridgehead atoms. The minimum atomic E-state index is -5.85. The van der Waals surface area contributed by atoms with E-state index in [1.54, 1.807) is 0 Å². The summed E-state index contributed by atoms with van der Waals surface area (Å²) in [6.07, 6.45) is -14.8. The van der Waals surface area contributed by atoms with Gasteiger partial charge in [0.25, 0.3) is 6.10 Å². The smallest absolute Gasteiger partial charge is 0.434 e. The first-order valence-corrected chi connectivity index (χ1v) is 15.7. The van der Waals surface area contributed by atoms with Crippen LogP contribution in [0.15, 0.2) is 12.2 Å². The van der Waals surface area contributed by atoms with Crippen molar-refractivity contribution in [3.63, 3.8) is 0 Å². The van der Waals surface area contributed by atoms with Crippen LogP contribution in [0.1, 0.15) is 13.3 Å². The third-order valence-corrected chi connectivity index (χ3v) is 9.87. The van der Waals surface area contributed by atoms with Gasteiger partial charge < -0.3 is 18.3 Å². The lowest BCUT2D eigenvalue weighted by Gasteiger charge is -2.37. The molecule has 0 saturated heterocycles. The number of carbonyl (C=O) groups is 2. The molecule has 31 heavy (non-hydrogen) atoms. The highest BCUT2D eigenvalue weighted by Crippen LogP contribution is 2.35. The van der Waals surface area contributed by atoms with E-state index in [9.17, 15) is 35.9 Å². The zero-order valence-corrected chi connectivity index (χ0v) is 20.1. The fourth-order valence-corrected chi connectivity index (χ4v) is 10.2. The van der Waals surface area contributed by atoms with Crippen molar-refractivity contribution in [3.05, 3.63) is 12.2 Å². The fourth-order valence-electron chi connectivity index (χ4n) is 2.38. The van der Waals surface area contributed by atoms with Crippen LogP contribution < -0.4 is 0 Å². The van der Waals surface area contributed by atoms with Gasteiger partial charge in [-0.05, 0) is 39.2 Å². The zero-order valence-electron chi connectivity index (χ0n) is 18.1. The molecule has 1 unspecified atom stereocenters. The van der Waals surface area contributed by atoms with Crippen LogP contribution in [0.3, 0.4) is 0 Å². The quantitative estimate of drug-likeness (QED) is 0.181. The van der Waals surface area contributed by atoms with Crippen LogP contribution in [0, 0.1) is 0 Å². The third-order valence-electron chi connectivity index (χ3n) is 3.43. The summed E-state index contributed by atoms with van der Waals surface area (Å²) in [6.45, 7) is 11.7. The lowest BCUT2D eigenvalue weighted by Crippen LogP contribution is -2.54. The van der Waals surface area contributed by atoms with Gasteiger partial charge in [-0.2, -0.15) is 26.3 Å². The van der Waals surface area contributed by atoms with Crippen molar-refractivity contribution in [2.24, 2.45) is 0 Å². The molecule has 0 heterocycles. The Kier molecular flexibility index (Phi) is 11.0. The lowest BCUT2D eigenvalue weighted by molar-refractivity contribution is -0.312. The summed E-state index contributed by atoms with van der Waals surface area (Å²) in [5.74, 6) is -3.15. The van der Waals surface area contributed by atoms with Crippen LogP contribution in [-0.4, -0.2) is 66.0 Å². The molecule has 0 saturated carbocycles. The number of ether oxygens (including phenoxy) is 3. The summed E-state index contributed by atoms with van der Waals surface area (Å²) in [5.41, 5.74) is -0.566. The molecule has 0 rings (SSSR count). The van der Waals surface area contributed by atoms with Gasteiger partial charge in [-0.3, -0.25) is 0 Å². The largest absolute Gasteiger partial charge is 0.460 e. The molecular weight excluding hydrogens is 470 g/mol. The number of rotatable bonds is 11. The molecule has 0 amide bonds. The van der Waals surface area contributed by atoms with E-state index in [4.69, 9.17) is 13.6 Å². The molecule has 0 aromatic carbocycles. The average molecular weight is 499 g/mol. The number of carbonyl (C=O) groups excluding carboxylic acids is 2. The Bertz CT molecular complexity index is 614. The van der Waals surface area contributed by atoms with Crippen molar-refractivity contribution in [1.82, 2.24) is 0 Å². The summed E-state index contributed by atoms with van der Waals surface area (Å²) in [5, 5.41) is 0. The molecule has 0 aliphatic heterocycles. The average Bonchev–Trinajstić information content (AvgIpc) is 2.53. The molecular formula is C17H28F6O6Si2. The van der Waals surface area contributed by atoms with Crippen molar-refractivity contribution in [2.45, 2.75) is 70.3 Å². The maximum absolute atomic E-state index is 12.4. The SMILES string of the molecule is CCCOC(COC(=O)/C=C/C(=O)OC(C(F)(F)F)C(F)(F)F)[Si](C)(C)O[Si](C)(C)C. The Hall–Kier alpha value is -1.39. The molecule has 0 N–H and O–H groups in total. The normalized spacial score (nSPS) is 14.7. The second kappa shape index (κ2) is 11.5. The second-order valence-electron chi connectivity index (χ2n) is 8.04. The molecule has 0 spiro atoms. The monoisotopic (exact) mass is 498 g/mol. The number of esters is 2. The van der Waals surface area contributed by atoms with Crippen LogP contribution in [0.2, 0.25) is 32.7 Å². The molecule has 6 nitrogen and oxygen atoms in total. The standard InChI is InChI=1S/C17H28F6O6Si2/c1-7-10-26-14(31(5,6)29-30(2,3)4)11-27-12(24)8-9-13(25)28-15(16(18,19)20)17(21,22)23/h8-9,14-15H,7,10-11H2,1-6H3/b9-8+. The minimum absolute atomic E-state index is 0.135. The lowest BCUT2D eigenvalue weighted by atomic mass is 10.3. The van der Waals surface area contributed by atoms with Gasteiger partial charge in [-0.15, -0.1) is 0 Å². The van der Waals surface area contributed by atoms with E-state index in [0.29, 0.717) is 19.1 Å². The predicted molar refractivity (Wildman–Crippen MR) is 104 cm³/mol. The van der Waals surface area contributed by atoms with E-state index >= 15 is 0 Å².